The molecule has 3 fully saturated rings. The smallest absolute Gasteiger partial charge is 0.237 e. The van der Waals surface area contributed by atoms with Crippen molar-refractivity contribution in [3.05, 3.63) is 22.5 Å². The van der Waals surface area contributed by atoms with Gasteiger partial charge in [-0.3, -0.25) is 9.69 Å². The Labute approximate surface area is 188 Å². The lowest BCUT2D eigenvalue weighted by molar-refractivity contribution is -0.132. The molecule has 7 heteroatoms. The fourth-order valence-electron chi connectivity index (χ4n) is 5.73. The quantitative estimate of drug-likeness (QED) is 0.710. The zero-order valence-electron chi connectivity index (χ0n) is 18.7. The Balaban J connectivity index is 1.34. The first-order valence-electron chi connectivity index (χ1n) is 11.5. The van der Waals surface area contributed by atoms with E-state index in [1.807, 2.05) is 29.2 Å². The van der Waals surface area contributed by atoms with Gasteiger partial charge in [0.25, 0.3) is 0 Å². The van der Waals surface area contributed by atoms with E-state index in [0.29, 0.717) is 17.4 Å². The fourth-order valence-corrected chi connectivity index (χ4v) is 7.00. The van der Waals surface area contributed by atoms with Crippen molar-refractivity contribution in [2.75, 3.05) is 13.1 Å². The van der Waals surface area contributed by atoms with Crippen LogP contribution in [0.15, 0.2) is 6.07 Å². The number of amides is 1. The maximum Gasteiger partial charge on any atom is 0.237 e. The number of carbonyl (C=O) groups excluding carboxylic acids is 1. The van der Waals surface area contributed by atoms with Crippen molar-refractivity contribution < 1.29 is 4.79 Å². The molecule has 2 bridgehead atoms. The van der Waals surface area contributed by atoms with Crippen molar-refractivity contribution in [3.63, 3.8) is 0 Å². The second-order valence-corrected chi connectivity index (χ2v) is 11.4. The van der Waals surface area contributed by atoms with Gasteiger partial charge in [0.1, 0.15) is 17.1 Å². The molecule has 6 nitrogen and oxygen atoms in total. The number of thiophene rings is 1. The highest BCUT2D eigenvalue weighted by Crippen LogP contribution is 2.45. The summed E-state index contributed by atoms with van der Waals surface area (Å²) in [6.45, 7) is 9.20. The highest BCUT2D eigenvalue weighted by Gasteiger charge is 2.45. The lowest BCUT2D eigenvalue weighted by Crippen LogP contribution is -2.48. The summed E-state index contributed by atoms with van der Waals surface area (Å²) in [5, 5.41) is 10.1. The summed E-state index contributed by atoms with van der Waals surface area (Å²) in [5.74, 6) is 1.48. The van der Waals surface area contributed by atoms with Crippen LogP contribution in [-0.4, -0.2) is 50.8 Å². The predicted molar refractivity (Wildman–Crippen MR) is 122 cm³/mol. The van der Waals surface area contributed by atoms with Crippen LogP contribution in [0.25, 0.3) is 10.2 Å². The molecule has 0 aromatic carbocycles. The van der Waals surface area contributed by atoms with Gasteiger partial charge < -0.3 is 4.90 Å². The van der Waals surface area contributed by atoms with Crippen molar-refractivity contribution in [1.82, 2.24) is 19.8 Å². The van der Waals surface area contributed by atoms with E-state index < -0.39 is 0 Å². The molecule has 2 aliphatic heterocycles. The number of fused-ring (bicyclic) bond motifs is 3. The number of aryl methyl sites for hydroxylation is 1. The maximum atomic E-state index is 12.2. The van der Waals surface area contributed by atoms with Gasteiger partial charge >= 0.3 is 0 Å². The number of carbonyl (C=O) groups is 1. The van der Waals surface area contributed by atoms with E-state index in [2.05, 4.69) is 24.8 Å². The number of likely N-dealkylation sites (tertiary alicyclic amines) is 2. The van der Waals surface area contributed by atoms with Crippen LogP contribution in [0.1, 0.15) is 74.7 Å². The molecule has 5 rings (SSSR count). The zero-order chi connectivity index (χ0) is 21.8. The van der Waals surface area contributed by atoms with E-state index >= 15 is 0 Å². The maximum absolute atomic E-state index is 12.2. The minimum atomic E-state index is -0.0203. The number of aromatic nitrogens is 2. The molecule has 2 atom stereocenters. The molecule has 0 spiro atoms. The Kier molecular flexibility index (Phi) is 5.26. The van der Waals surface area contributed by atoms with E-state index in [1.165, 1.54) is 35.9 Å². The Morgan fingerprint density at radius 3 is 2.71 bits per heavy atom. The minimum Gasteiger partial charge on any atom is -0.336 e. The Morgan fingerprint density at radius 1 is 1.26 bits per heavy atom. The van der Waals surface area contributed by atoms with Crippen LogP contribution in [0, 0.1) is 23.7 Å². The summed E-state index contributed by atoms with van der Waals surface area (Å²) in [5.41, 5.74) is 1.61. The lowest BCUT2D eigenvalue weighted by atomic mass is 9.73. The summed E-state index contributed by atoms with van der Waals surface area (Å²) in [7, 11) is 0. The summed E-state index contributed by atoms with van der Waals surface area (Å²) in [6, 6.07) is 4.98. The van der Waals surface area contributed by atoms with E-state index in [-0.39, 0.29) is 18.4 Å². The van der Waals surface area contributed by atoms with Crippen LogP contribution < -0.4 is 0 Å². The average molecular weight is 438 g/mol. The molecule has 0 radical (unpaired) electrons. The zero-order valence-corrected chi connectivity index (χ0v) is 19.5. The van der Waals surface area contributed by atoms with E-state index in [4.69, 9.17) is 15.2 Å². The molecular weight excluding hydrogens is 406 g/mol. The third-order valence-corrected chi connectivity index (χ3v) is 8.79. The average Bonchev–Trinajstić information content (AvgIpc) is 3.42. The monoisotopic (exact) mass is 437 g/mol. The van der Waals surface area contributed by atoms with Gasteiger partial charge in [0.15, 0.2) is 0 Å². The summed E-state index contributed by atoms with van der Waals surface area (Å²) in [4.78, 5) is 28.8. The van der Waals surface area contributed by atoms with Crippen molar-refractivity contribution in [1.29, 1.82) is 5.26 Å². The predicted octanol–water partition coefficient (Wildman–Crippen LogP) is 4.38. The van der Waals surface area contributed by atoms with Crippen LogP contribution in [-0.2, 0) is 11.3 Å². The van der Waals surface area contributed by atoms with Crippen LogP contribution in [0.5, 0.6) is 0 Å². The molecule has 3 aliphatic rings. The third-order valence-electron chi connectivity index (χ3n) is 7.60. The fraction of sp³-hybridized carbons (Fsp3) is 0.667. The topological polar surface area (TPSA) is 73.1 Å². The first-order valence-corrected chi connectivity index (χ1v) is 12.3. The molecule has 2 aromatic rings. The molecule has 4 heterocycles. The number of piperazine rings is 1. The summed E-state index contributed by atoms with van der Waals surface area (Å²) in [6.07, 6.45) is 6.12. The molecule has 1 aliphatic carbocycles. The molecule has 0 N–H and O–H groups in total. The van der Waals surface area contributed by atoms with Gasteiger partial charge in [-0.1, -0.05) is 13.8 Å². The Bertz CT molecular complexity index is 1040. The Hall–Kier alpha value is -2.04. The second kappa shape index (κ2) is 7.83. The van der Waals surface area contributed by atoms with Crippen molar-refractivity contribution >= 4 is 27.5 Å². The van der Waals surface area contributed by atoms with Crippen molar-refractivity contribution in [2.24, 2.45) is 5.41 Å². The molecule has 2 aromatic heterocycles. The van der Waals surface area contributed by atoms with Crippen LogP contribution >= 0.6 is 11.3 Å². The van der Waals surface area contributed by atoms with Gasteiger partial charge in [0.05, 0.1) is 11.8 Å². The van der Waals surface area contributed by atoms with Crippen molar-refractivity contribution in [2.45, 2.75) is 83.8 Å². The molecule has 1 saturated carbocycles. The third kappa shape index (κ3) is 3.96. The van der Waals surface area contributed by atoms with Gasteiger partial charge in [-0.2, -0.15) is 5.26 Å². The van der Waals surface area contributed by atoms with E-state index in [1.54, 1.807) is 0 Å². The first kappa shape index (κ1) is 20.8. The standard InChI is InChI=1S/C24H31N5OS/c1-15-26-20(14-28-12-18-10-17(28)13-29(18)22(30)6-9-25)19-11-21(31-23(19)27-15)16-4-7-24(2,3)8-5-16/h11,16-18H,4-8,10,12-14H2,1-3H3/t17-,18-/m0/s1. The number of hydrogen-bond donors (Lipinski definition) is 0. The molecular formula is C24H31N5OS. The number of hydrogen-bond acceptors (Lipinski definition) is 6. The first-order chi connectivity index (χ1) is 14.8. The molecule has 1 amide bonds. The summed E-state index contributed by atoms with van der Waals surface area (Å²) < 4.78 is 0. The van der Waals surface area contributed by atoms with E-state index in [0.717, 1.165) is 42.4 Å². The highest BCUT2D eigenvalue weighted by molar-refractivity contribution is 7.18. The number of nitrogens with zero attached hydrogens (tertiary/aromatic N) is 5. The lowest BCUT2D eigenvalue weighted by Gasteiger charge is -2.34. The molecule has 164 valence electrons. The second-order valence-electron chi connectivity index (χ2n) is 10.4. The van der Waals surface area contributed by atoms with Gasteiger partial charge in [-0.25, -0.2) is 9.97 Å². The minimum absolute atomic E-state index is 0.00895. The van der Waals surface area contributed by atoms with Gasteiger partial charge in [-0.05, 0) is 56.4 Å². The van der Waals surface area contributed by atoms with Crippen LogP contribution in [0.2, 0.25) is 0 Å². The largest absolute Gasteiger partial charge is 0.336 e. The molecule has 31 heavy (non-hydrogen) atoms. The number of rotatable bonds is 4. The van der Waals surface area contributed by atoms with E-state index in [9.17, 15) is 4.79 Å². The molecule has 2 saturated heterocycles. The molecule has 0 unspecified atom stereocenters. The SMILES string of the molecule is Cc1nc(CN2C[C@@H]3C[C@H]2CN3C(=O)CC#N)c2cc(C3CCC(C)(C)CC3)sc2n1. The Morgan fingerprint density at radius 2 is 2.03 bits per heavy atom. The van der Waals surface area contributed by atoms with Gasteiger partial charge in [0, 0.05) is 42.0 Å². The summed E-state index contributed by atoms with van der Waals surface area (Å²) >= 11 is 1.86. The van der Waals surface area contributed by atoms with Crippen LogP contribution in [0.4, 0.5) is 0 Å². The normalized spacial score (nSPS) is 25.9. The van der Waals surface area contributed by atoms with Crippen LogP contribution in [0.3, 0.4) is 0 Å². The van der Waals surface area contributed by atoms with Gasteiger partial charge in [-0.15, -0.1) is 11.3 Å². The van der Waals surface area contributed by atoms with Crippen molar-refractivity contribution in [3.8, 4) is 6.07 Å². The number of nitriles is 1. The van der Waals surface area contributed by atoms with Gasteiger partial charge in [0.2, 0.25) is 5.91 Å². The highest BCUT2D eigenvalue weighted by atomic mass is 32.1.